The fraction of sp³-hybridized carbons (Fsp3) is 0. The summed E-state index contributed by atoms with van der Waals surface area (Å²) in [5, 5.41) is 15.4. The second-order valence-corrected chi connectivity index (χ2v) is 7.34. The molecule has 0 spiro atoms. The number of para-hydroxylation sites is 1. The van der Waals surface area contributed by atoms with Gasteiger partial charge in [0.25, 0.3) is 5.91 Å². The summed E-state index contributed by atoms with van der Waals surface area (Å²) in [7, 11) is 0. The van der Waals surface area contributed by atoms with E-state index < -0.39 is 16.5 Å². The van der Waals surface area contributed by atoms with E-state index in [-0.39, 0.29) is 11.6 Å². The van der Waals surface area contributed by atoms with E-state index in [1.807, 2.05) is 24.3 Å². The number of halogens is 1. The summed E-state index contributed by atoms with van der Waals surface area (Å²) in [5.74, 6) is -0.751. The van der Waals surface area contributed by atoms with E-state index in [0.29, 0.717) is 15.7 Å². The average molecular weight is 442 g/mol. The summed E-state index contributed by atoms with van der Waals surface area (Å²) in [6.07, 6.45) is 1.14. The molecule has 0 radical (unpaired) electrons. The number of carbonyl (C=O) groups is 1. The number of thiazole rings is 1. The predicted molar refractivity (Wildman–Crippen MR) is 114 cm³/mol. The molecule has 150 valence electrons. The minimum atomic E-state index is -0.646. The van der Waals surface area contributed by atoms with E-state index in [4.69, 9.17) is 11.6 Å². The lowest BCUT2D eigenvalue weighted by Gasteiger charge is -2.10. The Labute approximate surface area is 178 Å². The summed E-state index contributed by atoms with van der Waals surface area (Å²) >= 11 is 7.13. The van der Waals surface area contributed by atoms with Crippen LogP contribution in [0.25, 0.3) is 10.2 Å². The zero-order chi connectivity index (χ0) is 21.1. The number of carbonyl (C=O) groups excluding carboxylic acids is 1. The van der Waals surface area contributed by atoms with Gasteiger partial charge < -0.3 is 5.32 Å². The maximum absolute atomic E-state index is 12.2. The molecule has 0 saturated heterocycles. The molecule has 3 N–H and O–H groups in total. The van der Waals surface area contributed by atoms with Gasteiger partial charge in [-0.25, -0.2) is 15.0 Å². The van der Waals surface area contributed by atoms with Crippen LogP contribution in [0.3, 0.4) is 0 Å². The van der Waals surface area contributed by atoms with Gasteiger partial charge in [0.05, 0.1) is 15.1 Å². The fourth-order valence-electron chi connectivity index (χ4n) is 2.55. The van der Waals surface area contributed by atoms with Crippen molar-refractivity contribution in [2.75, 3.05) is 10.7 Å². The van der Waals surface area contributed by atoms with E-state index in [1.165, 1.54) is 23.5 Å². The van der Waals surface area contributed by atoms with Crippen molar-refractivity contribution < 1.29 is 9.72 Å². The molecule has 0 aliphatic carbocycles. The second-order valence-electron chi connectivity index (χ2n) is 5.87. The van der Waals surface area contributed by atoms with Gasteiger partial charge in [-0.2, -0.15) is 0 Å². The molecule has 4 aromatic rings. The van der Waals surface area contributed by atoms with Crippen LogP contribution in [-0.2, 0) is 0 Å². The average Bonchev–Trinajstić information content (AvgIpc) is 3.14. The number of nitrogens with zero attached hydrogens (tertiary/aromatic N) is 4. The summed E-state index contributed by atoms with van der Waals surface area (Å²) in [6, 6.07) is 13.6. The zero-order valence-corrected chi connectivity index (χ0v) is 16.6. The molecule has 4 rings (SSSR count). The van der Waals surface area contributed by atoms with Crippen molar-refractivity contribution >= 4 is 61.5 Å². The monoisotopic (exact) mass is 441 g/mol. The van der Waals surface area contributed by atoms with E-state index >= 15 is 0 Å². The molecule has 0 aliphatic rings. The Morgan fingerprint density at radius 3 is 2.53 bits per heavy atom. The number of aromatic nitrogens is 3. The first-order valence-electron chi connectivity index (χ1n) is 8.45. The molecular formula is C18H12ClN7O3S. The first-order chi connectivity index (χ1) is 14.5. The van der Waals surface area contributed by atoms with Gasteiger partial charge in [-0.3, -0.25) is 25.8 Å². The number of nitro groups is 1. The van der Waals surface area contributed by atoms with Gasteiger partial charge in [-0.05, 0) is 36.4 Å². The molecule has 10 nitrogen and oxygen atoms in total. The normalized spacial score (nSPS) is 10.6. The summed E-state index contributed by atoms with van der Waals surface area (Å²) < 4.78 is 0.922. The smallest absolute Gasteiger partial charge is 0.310 e. The van der Waals surface area contributed by atoms with Gasteiger partial charge in [-0.1, -0.05) is 35.1 Å². The maximum atomic E-state index is 12.2. The van der Waals surface area contributed by atoms with Gasteiger partial charge in [0.1, 0.15) is 6.33 Å². The van der Waals surface area contributed by atoms with Crippen molar-refractivity contribution in [1.29, 1.82) is 0 Å². The van der Waals surface area contributed by atoms with Crippen LogP contribution in [0, 0.1) is 10.1 Å². The van der Waals surface area contributed by atoms with Gasteiger partial charge in [0.15, 0.2) is 5.13 Å². The SMILES string of the molecule is O=C(NNc1ncnc(Nc2nc3ccccc3s2)c1[N+](=O)[O-])c1ccc(Cl)cc1. The van der Waals surface area contributed by atoms with Gasteiger partial charge in [0.2, 0.25) is 11.6 Å². The Morgan fingerprint density at radius 2 is 1.80 bits per heavy atom. The predicted octanol–water partition coefficient (Wildman–Crippen LogP) is 4.15. The Hall–Kier alpha value is -3.83. The van der Waals surface area contributed by atoms with Crippen LogP contribution < -0.4 is 16.2 Å². The number of rotatable bonds is 6. The van der Waals surface area contributed by atoms with Crippen LogP contribution in [0.5, 0.6) is 0 Å². The minimum Gasteiger partial charge on any atom is -0.310 e. The Bertz CT molecular complexity index is 1210. The lowest BCUT2D eigenvalue weighted by molar-refractivity contribution is -0.383. The van der Waals surface area contributed by atoms with Gasteiger partial charge >= 0.3 is 5.69 Å². The van der Waals surface area contributed by atoms with Crippen LogP contribution in [0.15, 0.2) is 54.9 Å². The number of hydrogen-bond donors (Lipinski definition) is 3. The minimum absolute atomic E-state index is 0.0581. The molecule has 0 unspecified atom stereocenters. The van der Waals surface area contributed by atoms with Crippen molar-refractivity contribution in [1.82, 2.24) is 20.4 Å². The lowest BCUT2D eigenvalue weighted by atomic mass is 10.2. The number of hydrogen-bond acceptors (Lipinski definition) is 9. The molecule has 0 atom stereocenters. The van der Waals surface area contributed by atoms with Crippen molar-refractivity contribution in [2.45, 2.75) is 0 Å². The molecule has 0 bridgehead atoms. The highest BCUT2D eigenvalue weighted by atomic mass is 35.5. The maximum Gasteiger partial charge on any atom is 0.355 e. The summed E-state index contributed by atoms with van der Waals surface area (Å²) in [6.45, 7) is 0. The molecule has 1 amide bonds. The standard InChI is InChI=1S/C18H12ClN7O3S/c19-11-7-5-10(6-8-11)17(27)25-24-16-14(26(28)29)15(20-9-21-16)23-18-22-12-3-1-2-4-13(12)30-18/h1-9H,(H,25,27)(H2,20,21,22,23,24). The molecule has 2 aromatic heterocycles. The van der Waals surface area contributed by atoms with E-state index in [0.717, 1.165) is 16.5 Å². The molecule has 0 aliphatic heterocycles. The summed E-state index contributed by atoms with van der Waals surface area (Å²) in [4.78, 5) is 35.5. The van der Waals surface area contributed by atoms with Crippen LogP contribution in [0.2, 0.25) is 5.02 Å². The summed E-state index contributed by atoms with van der Waals surface area (Å²) in [5.41, 5.74) is 5.49. The molecular weight excluding hydrogens is 430 g/mol. The highest BCUT2D eigenvalue weighted by molar-refractivity contribution is 7.22. The molecule has 30 heavy (non-hydrogen) atoms. The van der Waals surface area contributed by atoms with Crippen molar-refractivity contribution in [2.24, 2.45) is 0 Å². The Kier molecular flexibility index (Phi) is 5.37. The number of fused-ring (bicyclic) bond motifs is 1. The van der Waals surface area contributed by atoms with E-state index in [2.05, 4.69) is 31.1 Å². The lowest BCUT2D eigenvalue weighted by Crippen LogP contribution is -2.30. The number of nitrogens with one attached hydrogen (secondary N) is 3. The Balaban J connectivity index is 1.57. The molecule has 12 heteroatoms. The molecule has 0 fully saturated rings. The van der Waals surface area contributed by atoms with Gasteiger partial charge in [-0.15, -0.1) is 0 Å². The number of hydrazine groups is 1. The molecule has 0 saturated carbocycles. The third-order valence-corrected chi connectivity index (χ3v) is 5.13. The Morgan fingerprint density at radius 1 is 1.07 bits per heavy atom. The fourth-order valence-corrected chi connectivity index (χ4v) is 3.54. The first-order valence-corrected chi connectivity index (χ1v) is 9.64. The van der Waals surface area contributed by atoms with Crippen LogP contribution >= 0.6 is 22.9 Å². The van der Waals surface area contributed by atoms with Crippen molar-refractivity contribution in [3.8, 4) is 0 Å². The largest absolute Gasteiger partial charge is 0.355 e. The first kappa shape index (κ1) is 19.5. The highest BCUT2D eigenvalue weighted by Crippen LogP contribution is 2.33. The van der Waals surface area contributed by atoms with Crippen LogP contribution in [-0.4, -0.2) is 25.8 Å². The third-order valence-electron chi connectivity index (χ3n) is 3.92. The topological polar surface area (TPSA) is 135 Å². The van der Waals surface area contributed by atoms with Crippen LogP contribution in [0.1, 0.15) is 10.4 Å². The van der Waals surface area contributed by atoms with Gasteiger partial charge in [0, 0.05) is 10.6 Å². The second kappa shape index (κ2) is 8.27. The number of benzene rings is 2. The van der Waals surface area contributed by atoms with E-state index in [1.54, 1.807) is 12.1 Å². The van der Waals surface area contributed by atoms with Crippen molar-refractivity contribution in [3.05, 3.63) is 75.6 Å². The number of amides is 1. The van der Waals surface area contributed by atoms with Crippen LogP contribution in [0.4, 0.5) is 22.5 Å². The molecule has 2 aromatic carbocycles. The van der Waals surface area contributed by atoms with E-state index in [9.17, 15) is 14.9 Å². The third kappa shape index (κ3) is 4.11. The highest BCUT2D eigenvalue weighted by Gasteiger charge is 2.24. The van der Waals surface area contributed by atoms with Crippen molar-refractivity contribution in [3.63, 3.8) is 0 Å². The molecule has 2 heterocycles. The number of anilines is 3. The zero-order valence-electron chi connectivity index (χ0n) is 15.0. The quantitative estimate of drug-likeness (QED) is 0.300.